The zero-order valence-corrected chi connectivity index (χ0v) is 22.7. The second kappa shape index (κ2) is 13.2. The van der Waals surface area contributed by atoms with Gasteiger partial charge in [-0.1, -0.05) is 32.0 Å². The van der Waals surface area contributed by atoms with Crippen molar-refractivity contribution in [1.82, 2.24) is 4.90 Å². The van der Waals surface area contributed by atoms with Gasteiger partial charge >= 0.3 is 5.97 Å². The molecule has 0 saturated carbocycles. The third kappa shape index (κ3) is 7.52. The minimum Gasteiger partial charge on any atom is -0.491 e. The number of rotatable bonds is 12. The number of carbonyl (C=O) groups is 3. The normalized spacial score (nSPS) is 14.4. The van der Waals surface area contributed by atoms with E-state index in [1.165, 1.54) is 4.90 Å². The predicted molar refractivity (Wildman–Crippen MR) is 143 cm³/mol. The molecule has 0 N–H and O–H groups in total. The molecule has 0 unspecified atom stereocenters. The number of imide groups is 1. The van der Waals surface area contributed by atoms with Crippen LogP contribution < -0.4 is 14.2 Å². The first kappa shape index (κ1) is 28.1. The largest absolute Gasteiger partial charge is 0.491 e. The molecule has 8 nitrogen and oxygen atoms in total. The van der Waals surface area contributed by atoms with Crippen molar-refractivity contribution in [3.8, 4) is 17.2 Å². The fourth-order valence-corrected chi connectivity index (χ4v) is 4.54. The lowest BCUT2D eigenvalue weighted by molar-refractivity contribution is -0.145. The van der Waals surface area contributed by atoms with E-state index < -0.39 is 5.97 Å². The highest BCUT2D eigenvalue weighted by Gasteiger charge is 2.35. The summed E-state index contributed by atoms with van der Waals surface area (Å²) < 4.78 is 22.0. The van der Waals surface area contributed by atoms with Crippen molar-refractivity contribution in [1.29, 1.82) is 0 Å². The monoisotopic (exact) mass is 527 g/mol. The molecule has 1 fully saturated rings. The molecule has 0 atom stereocenters. The number of hydrogen-bond donors (Lipinski definition) is 0. The average Bonchev–Trinajstić information content (AvgIpc) is 3.11. The molecule has 0 bridgehead atoms. The Kier molecular flexibility index (Phi) is 10.0. The maximum Gasteiger partial charge on any atom is 0.344 e. The Morgan fingerprint density at radius 3 is 2.46 bits per heavy atom. The molecule has 0 spiro atoms. The summed E-state index contributed by atoms with van der Waals surface area (Å²) in [6.45, 7) is 10.5. The fraction of sp³-hybridized carbons (Fsp3) is 0.393. The summed E-state index contributed by atoms with van der Waals surface area (Å²) in [5, 5.41) is -0.340. The van der Waals surface area contributed by atoms with Gasteiger partial charge in [0.15, 0.2) is 18.1 Å². The highest BCUT2D eigenvalue weighted by atomic mass is 32.2. The number of esters is 1. The second-order valence-electron chi connectivity index (χ2n) is 8.61. The summed E-state index contributed by atoms with van der Waals surface area (Å²) in [5.41, 5.74) is 2.83. The molecular weight excluding hydrogens is 494 g/mol. The van der Waals surface area contributed by atoms with Crippen molar-refractivity contribution >= 4 is 35.0 Å². The van der Waals surface area contributed by atoms with Gasteiger partial charge in [0.05, 0.1) is 24.7 Å². The Morgan fingerprint density at radius 1 is 0.973 bits per heavy atom. The van der Waals surface area contributed by atoms with Gasteiger partial charge in [-0.2, -0.15) is 0 Å². The van der Waals surface area contributed by atoms with Crippen LogP contribution in [0.15, 0.2) is 41.3 Å². The van der Waals surface area contributed by atoms with Crippen LogP contribution in [-0.4, -0.2) is 55.0 Å². The first-order valence-corrected chi connectivity index (χ1v) is 13.1. The molecule has 0 aliphatic carbocycles. The Balaban J connectivity index is 1.67. The number of hydrogen-bond acceptors (Lipinski definition) is 8. The molecule has 9 heteroatoms. The molecule has 1 heterocycles. The Hall–Kier alpha value is -3.46. The lowest BCUT2D eigenvalue weighted by Gasteiger charge is -2.17. The molecule has 0 aromatic heterocycles. The summed E-state index contributed by atoms with van der Waals surface area (Å²) in [6, 6.07) is 11.1. The summed E-state index contributed by atoms with van der Waals surface area (Å²) in [5.74, 6) is 1.02. The van der Waals surface area contributed by atoms with Crippen LogP contribution in [0.2, 0.25) is 0 Å². The van der Waals surface area contributed by atoms with E-state index in [0.29, 0.717) is 34.5 Å². The van der Waals surface area contributed by atoms with Crippen molar-refractivity contribution < 1.29 is 33.3 Å². The Bertz CT molecular complexity index is 1180. The number of aryl methyl sites for hydroxylation is 1. The fourth-order valence-electron chi connectivity index (χ4n) is 3.68. The van der Waals surface area contributed by atoms with Gasteiger partial charge in [-0.25, -0.2) is 4.79 Å². The topological polar surface area (TPSA) is 91.4 Å². The number of benzene rings is 2. The van der Waals surface area contributed by atoms with Crippen molar-refractivity contribution in [3.05, 3.63) is 58.0 Å². The highest BCUT2D eigenvalue weighted by molar-refractivity contribution is 8.18. The SMILES string of the molecule is CCOC(=O)COc1ccc(/C=C2\SC(=O)N(CCOc3cc(C)ccc3C(C)C)C2=O)cc1OCC. The summed E-state index contributed by atoms with van der Waals surface area (Å²) in [6.07, 6.45) is 1.64. The van der Waals surface area contributed by atoms with Gasteiger partial charge < -0.3 is 18.9 Å². The van der Waals surface area contributed by atoms with Crippen molar-refractivity contribution in [2.45, 2.75) is 40.5 Å². The van der Waals surface area contributed by atoms with E-state index in [2.05, 4.69) is 13.8 Å². The van der Waals surface area contributed by atoms with E-state index >= 15 is 0 Å². The van der Waals surface area contributed by atoms with Gasteiger partial charge in [0.25, 0.3) is 11.1 Å². The van der Waals surface area contributed by atoms with Crippen molar-refractivity contribution in [2.75, 3.05) is 33.0 Å². The van der Waals surface area contributed by atoms with Gasteiger partial charge in [0.2, 0.25) is 0 Å². The number of thioether (sulfide) groups is 1. The molecule has 0 radical (unpaired) electrons. The van der Waals surface area contributed by atoms with E-state index in [0.717, 1.165) is 28.6 Å². The van der Waals surface area contributed by atoms with Crippen LogP contribution in [0.3, 0.4) is 0 Å². The second-order valence-corrected chi connectivity index (χ2v) is 9.60. The average molecular weight is 528 g/mol. The van der Waals surface area contributed by atoms with Gasteiger partial charge in [0, 0.05) is 0 Å². The number of amides is 2. The molecule has 3 rings (SSSR count). The molecule has 1 aliphatic rings. The molecule has 1 aliphatic heterocycles. The van der Waals surface area contributed by atoms with Crippen molar-refractivity contribution in [3.63, 3.8) is 0 Å². The number of ether oxygens (including phenoxy) is 4. The van der Waals surface area contributed by atoms with E-state index in [1.807, 2.05) is 32.0 Å². The van der Waals surface area contributed by atoms with Gasteiger partial charge in [-0.05, 0) is 79.4 Å². The lowest BCUT2D eigenvalue weighted by Crippen LogP contribution is -2.32. The minimum atomic E-state index is -0.477. The molecule has 198 valence electrons. The highest BCUT2D eigenvalue weighted by Crippen LogP contribution is 2.35. The van der Waals surface area contributed by atoms with Crippen LogP contribution in [0.5, 0.6) is 17.2 Å². The molecular formula is C28H33NO7S. The maximum atomic E-state index is 13.0. The standard InChI is InChI=1S/C28H33NO7S/c1-6-33-24-15-20(9-11-22(24)36-17-26(30)34-7-2)16-25-27(31)29(28(32)37-25)12-13-35-23-14-19(5)8-10-21(23)18(3)4/h8-11,14-16,18H,6-7,12-13,17H2,1-5H3/b25-16-. The van der Waals surface area contributed by atoms with Crippen molar-refractivity contribution in [2.24, 2.45) is 0 Å². The van der Waals surface area contributed by atoms with E-state index in [-0.39, 0.29) is 37.5 Å². The Labute approximate surface area is 221 Å². The van der Waals surface area contributed by atoms with Gasteiger partial charge in [0.1, 0.15) is 12.4 Å². The predicted octanol–water partition coefficient (Wildman–Crippen LogP) is 5.57. The van der Waals surface area contributed by atoms with Crippen LogP contribution in [0.1, 0.15) is 50.3 Å². The number of nitrogens with zero attached hydrogens (tertiary/aromatic N) is 1. The molecule has 2 amide bonds. The first-order chi connectivity index (χ1) is 17.7. The Morgan fingerprint density at radius 2 is 1.76 bits per heavy atom. The van der Waals surface area contributed by atoms with Crippen LogP contribution in [0.25, 0.3) is 6.08 Å². The number of carbonyl (C=O) groups excluding carboxylic acids is 3. The van der Waals surface area contributed by atoms with Crippen LogP contribution >= 0.6 is 11.8 Å². The smallest absolute Gasteiger partial charge is 0.344 e. The third-order valence-corrected chi connectivity index (χ3v) is 6.36. The quantitative estimate of drug-likeness (QED) is 0.261. The van der Waals surface area contributed by atoms with Crippen LogP contribution in [-0.2, 0) is 14.3 Å². The lowest BCUT2D eigenvalue weighted by atomic mass is 10.0. The minimum absolute atomic E-state index is 0.151. The molecule has 2 aromatic carbocycles. The summed E-state index contributed by atoms with van der Waals surface area (Å²) >= 11 is 0.886. The zero-order valence-electron chi connectivity index (χ0n) is 21.9. The van der Waals surface area contributed by atoms with E-state index in [1.54, 1.807) is 31.2 Å². The summed E-state index contributed by atoms with van der Waals surface area (Å²) in [4.78, 5) is 38.6. The molecule has 1 saturated heterocycles. The molecule has 2 aromatic rings. The van der Waals surface area contributed by atoms with E-state index in [9.17, 15) is 14.4 Å². The van der Waals surface area contributed by atoms with Gasteiger partial charge in [-0.3, -0.25) is 14.5 Å². The summed E-state index contributed by atoms with van der Waals surface area (Å²) in [7, 11) is 0. The zero-order chi connectivity index (χ0) is 26.9. The maximum absolute atomic E-state index is 13.0. The van der Waals surface area contributed by atoms with Gasteiger partial charge in [-0.15, -0.1) is 0 Å². The van der Waals surface area contributed by atoms with Crippen LogP contribution in [0.4, 0.5) is 4.79 Å². The van der Waals surface area contributed by atoms with Crippen LogP contribution in [0, 0.1) is 6.92 Å². The first-order valence-electron chi connectivity index (χ1n) is 12.3. The third-order valence-electron chi connectivity index (χ3n) is 5.45. The van der Waals surface area contributed by atoms with E-state index in [4.69, 9.17) is 18.9 Å². The molecule has 37 heavy (non-hydrogen) atoms.